The normalized spacial score (nSPS) is 18.8. The molecule has 1 aliphatic heterocycles. The zero-order chi connectivity index (χ0) is 15.7. The maximum atomic E-state index is 13.0. The number of hydrogen-bond donors (Lipinski definition) is 1. The van der Waals surface area contributed by atoms with Crippen molar-refractivity contribution in [2.75, 3.05) is 13.2 Å². The first-order chi connectivity index (χ1) is 10.5. The molecule has 0 aliphatic carbocycles. The molecule has 4 nitrogen and oxygen atoms in total. The quantitative estimate of drug-likeness (QED) is 0.948. The van der Waals surface area contributed by atoms with Crippen molar-refractivity contribution in [3.63, 3.8) is 0 Å². The highest BCUT2D eigenvalue weighted by Gasteiger charge is 2.36. The van der Waals surface area contributed by atoms with E-state index in [-0.39, 0.29) is 6.04 Å². The number of nitrogens with zero attached hydrogens (tertiary/aromatic N) is 2. The van der Waals surface area contributed by atoms with Crippen molar-refractivity contribution < 1.29 is 17.9 Å². The Hall–Kier alpha value is -1.86. The summed E-state index contributed by atoms with van der Waals surface area (Å²) in [7, 11) is 0. The van der Waals surface area contributed by atoms with Crippen LogP contribution in [0.5, 0.6) is 0 Å². The van der Waals surface area contributed by atoms with Gasteiger partial charge in [-0.15, -0.1) is 0 Å². The molecule has 3 rings (SSSR count). The molecular weight excluding hydrogens is 295 g/mol. The molecule has 2 heterocycles. The minimum atomic E-state index is -4.46. The number of alkyl halides is 3. The van der Waals surface area contributed by atoms with Gasteiger partial charge in [-0.05, 0) is 12.0 Å². The summed E-state index contributed by atoms with van der Waals surface area (Å²) in [5.74, 6) is 0.311. The van der Waals surface area contributed by atoms with Gasteiger partial charge in [0.2, 0.25) is 0 Å². The van der Waals surface area contributed by atoms with Gasteiger partial charge in [0.15, 0.2) is 5.69 Å². The molecule has 1 saturated heterocycles. The van der Waals surface area contributed by atoms with E-state index in [0.29, 0.717) is 37.6 Å². The number of halogens is 3. The summed E-state index contributed by atoms with van der Waals surface area (Å²) in [6, 6.07) is 6.97. The first-order valence-electron chi connectivity index (χ1n) is 7.02. The van der Waals surface area contributed by atoms with Crippen molar-refractivity contribution >= 4 is 0 Å². The fourth-order valence-electron chi connectivity index (χ4n) is 2.55. The lowest BCUT2D eigenvalue weighted by Crippen LogP contribution is -2.09. The molecule has 1 fully saturated rings. The predicted molar refractivity (Wildman–Crippen MR) is 75.0 cm³/mol. The molecule has 1 aliphatic rings. The fraction of sp³-hybridized carbons (Fsp3) is 0.400. The standard InChI is InChI=1S/C15H16F3N3O/c16-15(17,18)13-8-21(12-5-6-22-9-12)14(20-13)11-3-1-10(7-19)2-4-11/h1-4,8,12H,5-7,9,19H2. The third kappa shape index (κ3) is 2.86. The van der Waals surface area contributed by atoms with Crippen molar-refractivity contribution in [2.45, 2.75) is 25.2 Å². The summed E-state index contributed by atoms with van der Waals surface area (Å²) in [4.78, 5) is 3.80. The molecular formula is C15H16F3N3O. The van der Waals surface area contributed by atoms with Crippen LogP contribution >= 0.6 is 0 Å². The highest BCUT2D eigenvalue weighted by atomic mass is 19.4. The molecule has 1 aromatic heterocycles. The Kier molecular flexibility index (Phi) is 3.92. The van der Waals surface area contributed by atoms with E-state index in [1.807, 2.05) is 0 Å². The molecule has 118 valence electrons. The molecule has 1 atom stereocenters. The Balaban J connectivity index is 2.05. The van der Waals surface area contributed by atoms with E-state index in [1.165, 1.54) is 0 Å². The monoisotopic (exact) mass is 311 g/mol. The second-order valence-electron chi connectivity index (χ2n) is 5.27. The molecule has 7 heteroatoms. The van der Waals surface area contributed by atoms with Crippen molar-refractivity contribution in [3.05, 3.63) is 41.7 Å². The van der Waals surface area contributed by atoms with Gasteiger partial charge in [0.25, 0.3) is 0 Å². The highest BCUT2D eigenvalue weighted by Crippen LogP contribution is 2.34. The van der Waals surface area contributed by atoms with Gasteiger partial charge >= 0.3 is 6.18 Å². The third-order valence-electron chi connectivity index (χ3n) is 3.77. The van der Waals surface area contributed by atoms with Crippen LogP contribution in [0.15, 0.2) is 30.5 Å². The zero-order valence-electron chi connectivity index (χ0n) is 11.8. The minimum absolute atomic E-state index is 0.118. The number of rotatable bonds is 3. The number of nitrogens with two attached hydrogens (primary N) is 1. The molecule has 0 saturated carbocycles. The molecule has 2 aromatic rings. The van der Waals surface area contributed by atoms with E-state index in [2.05, 4.69) is 4.98 Å². The lowest BCUT2D eigenvalue weighted by molar-refractivity contribution is -0.140. The number of benzene rings is 1. The summed E-state index contributed by atoms with van der Waals surface area (Å²) in [6.07, 6.45) is -2.70. The minimum Gasteiger partial charge on any atom is -0.379 e. The Morgan fingerprint density at radius 2 is 2.00 bits per heavy atom. The van der Waals surface area contributed by atoms with Crippen LogP contribution in [0.4, 0.5) is 13.2 Å². The van der Waals surface area contributed by atoms with Gasteiger partial charge in [0.05, 0.1) is 12.6 Å². The van der Waals surface area contributed by atoms with E-state index >= 15 is 0 Å². The maximum Gasteiger partial charge on any atom is 0.434 e. The first-order valence-corrected chi connectivity index (χ1v) is 7.02. The van der Waals surface area contributed by atoms with E-state index in [0.717, 1.165) is 11.8 Å². The van der Waals surface area contributed by atoms with Gasteiger partial charge in [-0.3, -0.25) is 0 Å². The van der Waals surface area contributed by atoms with Crippen molar-refractivity contribution in [1.82, 2.24) is 9.55 Å². The Morgan fingerprint density at radius 3 is 2.55 bits per heavy atom. The maximum absolute atomic E-state index is 13.0. The van der Waals surface area contributed by atoms with E-state index in [9.17, 15) is 13.2 Å². The first kappa shape index (κ1) is 15.1. The van der Waals surface area contributed by atoms with Gasteiger partial charge in [0.1, 0.15) is 5.82 Å². The van der Waals surface area contributed by atoms with Gasteiger partial charge in [0, 0.05) is 24.9 Å². The van der Waals surface area contributed by atoms with Crippen LogP contribution in [-0.2, 0) is 17.5 Å². The Bertz CT molecular complexity index is 643. The SMILES string of the molecule is NCc1ccc(-c2nc(C(F)(F)F)cn2C2CCOC2)cc1. The molecule has 0 spiro atoms. The predicted octanol–water partition coefficient (Wildman–Crippen LogP) is 2.99. The van der Waals surface area contributed by atoms with Crippen LogP contribution in [0.25, 0.3) is 11.4 Å². The van der Waals surface area contributed by atoms with Crippen LogP contribution in [0.3, 0.4) is 0 Å². The fourth-order valence-corrected chi connectivity index (χ4v) is 2.55. The second kappa shape index (κ2) is 5.73. The number of imidazole rings is 1. The van der Waals surface area contributed by atoms with Crippen LogP contribution in [0.1, 0.15) is 23.7 Å². The average Bonchev–Trinajstić information content (AvgIpc) is 3.15. The molecule has 22 heavy (non-hydrogen) atoms. The van der Waals surface area contributed by atoms with E-state index < -0.39 is 11.9 Å². The molecule has 1 aromatic carbocycles. The molecule has 2 N–H and O–H groups in total. The Labute approximate surface area is 125 Å². The largest absolute Gasteiger partial charge is 0.434 e. The van der Waals surface area contributed by atoms with Crippen molar-refractivity contribution in [1.29, 1.82) is 0 Å². The summed E-state index contributed by atoms with van der Waals surface area (Å²) in [5.41, 5.74) is 6.22. The number of hydrogen-bond acceptors (Lipinski definition) is 3. The summed E-state index contributed by atoms with van der Waals surface area (Å²) >= 11 is 0. The average molecular weight is 311 g/mol. The highest BCUT2D eigenvalue weighted by molar-refractivity contribution is 5.57. The number of ether oxygens (including phenoxy) is 1. The zero-order valence-corrected chi connectivity index (χ0v) is 11.8. The molecule has 0 radical (unpaired) electrons. The number of aromatic nitrogens is 2. The summed E-state index contributed by atoms with van der Waals surface area (Å²) < 4.78 is 45.8. The van der Waals surface area contributed by atoms with Gasteiger partial charge in [-0.1, -0.05) is 24.3 Å². The molecule has 0 amide bonds. The summed E-state index contributed by atoms with van der Waals surface area (Å²) in [5, 5.41) is 0. The molecule has 0 bridgehead atoms. The Morgan fingerprint density at radius 1 is 1.27 bits per heavy atom. The van der Waals surface area contributed by atoms with Gasteiger partial charge in [-0.25, -0.2) is 4.98 Å². The smallest absolute Gasteiger partial charge is 0.379 e. The topological polar surface area (TPSA) is 53.1 Å². The van der Waals surface area contributed by atoms with Crippen LogP contribution in [-0.4, -0.2) is 22.8 Å². The molecule has 1 unspecified atom stereocenters. The van der Waals surface area contributed by atoms with E-state index in [1.54, 1.807) is 28.8 Å². The lowest BCUT2D eigenvalue weighted by Gasteiger charge is -2.13. The van der Waals surface area contributed by atoms with Gasteiger partial charge in [-0.2, -0.15) is 13.2 Å². The summed E-state index contributed by atoms with van der Waals surface area (Å²) in [6.45, 7) is 1.34. The second-order valence-corrected chi connectivity index (χ2v) is 5.27. The van der Waals surface area contributed by atoms with Gasteiger partial charge < -0.3 is 15.0 Å². The van der Waals surface area contributed by atoms with E-state index in [4.69, 9.17) is 10.5 Å². The van der Waals surface area contributed by atoms with Crippen molar-refractivity contribution in [2.24, 2.45) is 5.73 Å². The van der Waals surface area contributed by atoms with Crippen molar-refractivity contribution in [3.8, 4) is 11.4 Å². The van der Waals surface area contributed by atoms with Crippen LogP contribution in [0.2, 0.25) is 0 Å². The lowest BCUT2D eigenvalue weighted by atomic mass is 10.1. The third-order valence-corrected chi connectivity index (χ3v) is 3.77. The van der Waals surface area contributed by atoms with Crippen LogP contribution in [0, 0.1) is 0 Å². The van der Waals surface area contributed by atoms with Crippen LogP contribution < -0.4 is 5.73 Å².